The van der Waals surface area contributed by atoms with E-state index in [2.05, 4.69) is 11.9 Å². The third-order valence-corrected chi connectivity index (χ3v) is 10.2. The summed E-state index contributed by atoms with van der Waals surface area (Å²) in [6.07, 6.45) is -4.13. The Hall–Kier alpha value is -4.03. The van der Waals surface area contributed by atoms with E-state index in [9.17, 15) is 44.4 Å². The Morgan fingerprint density at radius 2 is 1.87 bits per heavy atom. The minimum absolute atomic E-state index is 0. The monoisotopic (exact) mass is 764 g/mol. The minimum Gasteiger partial charge on any atom is -0.507 e. The number of fused-ring (bicyclic) bond motifs is 3. The molecule has 7 atom stereocenters. The van der Waals surface area contributed by atoms with Crippen LogP contribution in [-0.4, -0.2) is 111 Å². The maximum Gasteiger partial charge on any atom is 0.329 e. The summed E-state index contributed by atoms with van der Waals surface area (Å²) in [5, 5.41) is 48.1. The number of amides is 1. The summed E-state index contributed by atoms with van der Waals surface area (Å²) in [6.45, 7) is 5.43. The molecule has 282 valence electrons. The third kappa shape index (κ3) is 7.69. The number of halogens is 1. The number of Topliss-reactive ketones (excluding diaryl/α,β-unsaturated/α-hetero) is 1. The van der Waals surface area contributed by atoms with Crippen LogP contribution in [-0.2, 0) is 35.0 Å². The van der Waals surface area contributed by atoms with Gasteiger partial charge in [0.15, 0.2) is 18.7 Å². The molecule has 2 aliphatic carbocycles. The van der Waals surface area contributed by atoms with Crippen LogP contribution in [0.25, 0.3) is 0 Å². The second-order valence-corrected chi connectivity index (χ2v) is 13.8. The molecule has 1 aliphatic heterocycles. The second-order valence-electron chi connectivity index (χ2n) is 12.7. The summed E-state index contributed by atoms with van der Waals surface area (Å²) in [7, 11) is 1.31. The first-order valence-corrected chi connectivity index (χ1v) is 17.3. The van der Waals surface area contributed by atoms with Crippen molar-refractivity contribution in [2.24, 2.45) is 5.73 Å². The Morgan fingerprint density at radius 3 is 2.50 bits per heavy atom. The second kappa shape index (κ2) is 16.3. The first kappa shape index (κ1) is 40.7. The number of phenolic OH excluding ortho intramolecular Hbond substituents is 2. The first-order chi connectivity index (χ1) is 24.1. The number of ether oxygens (including phenoxy) is 4. The van der Waals surface area contributed by atoms with Gasteiger partial charge in [-0.1, -0.05) is 18.2 Å². The van der Waals surface area contributed by atoms with Gasteiger partial charge in [-0.15, -0.1) is 19.0 Å². The van der Waals surface area contributed by atoms with Gasteiger partial charge in [0.2, 0.25) is 17.5 Å². The summed E-state index contributed by atoms with van der Waals surface area (Å²) in [5.41, 5.74) is 1.96. The van der Waals surface area contributed by atoms with Crippen molar-refractivity contribution in [2.75, 3.05) is 25.2 Å². The smallest absolute Gasteiger partial charge is 0.329 e. The minimum atomic E-state index is -2.41. The van der Waals surface area contributed by atoms with Crippen LogP contribution >= 0.6 is 24.2 Å². The Bertz CT molecular complexity index is 1780. The zero-order valence-corrected chi connectivity index (χ0v) is 30.2. The van der Waals surface area contributed by atoms with Gasteiger partial charge in [0.05, 0.1) is 42.1 Å². The average Bonchev–Trinajstić information content (AvgIpc) is 3.08. The number of methoxy groups -OCH3 is 1. The van der Waals surface area contributed by atoms with Gasteiger partial charge in [0.25, 0.3) is 0 Å². The van der Waals surface area contributed by atoms with E-state index in [1.807, 2.05) is 0 Å². The summed E-state index contributed by atoms with van der Waals surface area (Å²) in [4.78, 5) is 66.0. The molecule has 1 unspecified atom stereocenters. The number of rotatable bonds is 12. The van der Waals surface area contributed by atoms with E-state index in [-0.39, 0.29) is 52.6 Å². The number of benzene rings is 2. The topological polar surface area (TPSA) is 241 Å². The molecule has 3 aliphatic rings. The van der Waals surface area contributed by atoms with Crippen molar-refractivity contribution in [2.45, 2.75) is 75.4 Å². The van der Waals surface area contributed by atoms with Gasteiger partial charge in [0.1, 0.15) is 28.9 Å². The molecule has 1 heterocycles. The molecule has 0 aromatic heterocycles. The molecule has 52 heavy (non-hydrogen) atoms. The quantitative estimate of drug-likeness (QED) is 0.0661. The van der Waals surface area contributed by atoms with Crippen molar-refractivity contribution in [1.29, 1.82) is 0 Å². The number of nitrogens with one attached hydrogen (secondary N) is 1. The highest BCUT2D eigenvalue weighted by Crippen LogP contribution is 2.52. The third-order valence-electron chi connectivity index (χ3n) is 9.19. The maximum atomic E-state index is 13.9. The van der Waals surface area contributed by atoms with Gasteiger partial charge in [-0.05, 0) is 13.0 Å². The number of hydrogen-bond donors (Lipinski definition) is 6. The standard InChI is InChI=1S/C35H40N2O13S.ClH/c1-5-9-51-14-20(37-16(3)38)34(45)48-13-23(39)35(46)11-18-26(22(12-35)50-24-10-19(36)29(40)15(2)49-24)33(44)28-27(31(18)42)30(41)17-7-6-8-21(47-4)25(17)32(28)43;/h5-8,15,19-20,22,24,29,40,42,44,46H,1,9-14,36H2,2-4H3,(H,37,38);1H/t15-,19-,20?,22-,24-,29+,35-;/m0./s1. The Labute approximate surface area is 309 Å². The molecule has 2 aromatic rings. The number of phenols is 2. The molecule has 0 bridgehead atoms. The van der Waals surface area contributed by atoms with Gasteiger partial charge in [0, 0.05) is 60.4 Å². The number of aliphatic hydroxyl groups is 2. The number of carbonyl (C=O) groups excluding carboxylic acids is 5. The van der Waals surface area contributed by atoms with E-state index in [0.717, 1.165) is 0 Å². The van der Waals surface area contributed by atoms with Crippen molar-refractivity contribution in [3.63, 3.8) is 0 Å². The van der Waals surface area contributed by atoms with Crippen molar-refractivity contribution < 1.29 is 63.3 Å². The summed E-state index contributed by atoms with van der Waals surface area (Å²) < 4.78 is 22.5. The molecular formula is C35H41ClN2O13S. The van der Waals surface area contributed by atoms with Gasteiger partial charge in [-0.25, -0.2) is 4.79 Å². The fourth-order valence-corrected chi connectivity index (χ4v) is 7.42. The van der Waals surface area contributed by atoms with Crippen LogP contribution in [0.15, 0.2) is 30.9 Å². The molecule has 1 amide bonds. The Morgan fingerprint density at radius 1 is 1.17 bits per heavy atom. The van der Waals surface area contributed by atoms with Gasteiger partial charge in [-0.2, -0.15) is 11.8 Å². The highest BCUT2D eigenvalue weighted by atomic mass is 35.5. The van der Waals surface area contributed by atoms with Crippen LogP contribution in [0.1, 0.15) is 75.8 Å². The van der Waals surface area contributed by atoms with Crippen molar-refractivity contribution in [1.82, 2.24) is 5.32 Å². The lowest BCUT2D eigenvalue weighted by atomic mass is 9.72. The SMILES string of the molecule is C=CCSCC(NC(C)=O)C(=O)OCC(=O)[C@]1(O)Cc2c(O)c3c(c(O)c2[C@@H](O[C@H]2C[C@H](N)[C@H](O)[C@H](C)O2)C1)C(=O)c1c(OC)cccc1C3=O.Cl. The largest absolute Gasteiger partial charge is 0.507 e. The molecular weight excluding hydrogens is 724 g/mol. The summed E-state index contributed by atoms with van der Waals surface area (Å²) in [6, 6.07) is 2.40. The van der Waals surface area contributed by atoms with E-state index in [1.165, 1.54) is 44.0 Å². The Kier molecular flexibility index (Phi) is 12.8. The lowest BCUT2D eigenvalue weighted by molar-refractivity contribution is -0.247. The predicted molar refractivity (Wildman–Crippen MR) is 188 cm³/mol. The van der Waals surface area contributed by atoms with Gasteiger partial charge in [-0.3, -0.25) is 19.2 Å². The molecule has 1 fully saturated rings. The number of aliphatic hydroxyl groups excluding tert-OH is 1. The molecule has 0 radical (unpaired) electrons. The molecule has 7 N–H and O–H groups in total. The zero-order valence-electron chi connectivity index (χ0n) is 28.6. The van der Waals surface area contributed by atoms with Crippen LogP contribution in [0.5, 0.6) is 17.2 Å². The van der Waals surface area contributed by atoms with E-state index in [4.69, 9.17) is 24.7 Å². The van der Waals surface area contributed by atoms with Crippen LogP contribution in [0.3, 0.4) is 0 Å². The lowest BCUT2D eigenvalue weighted by Crippen LogP contribution is -2.53. The van der Waals surface area contributed by atoms with Crippen LogP contribution in [0.4, 0.5) is 0 Å². The first-order valence-electron chi connectivity index (χ1n) is 16.1. The molecule has 5 rings (SSSR count). The fraction of sp³-hybridized carbons (Fsp3) is 0.457. The molecule has 17 heteroatoms. The highest BCUT2D eigenvalue weighted by Gasteiger charge is 2.50. The number of hydrogen-bond acceptors (Lipinski definition) is 15. The molecule has 1 saturated heterocycles. The van der Waals surface area contributed by atoms with Gasteiger partial charge < -0.3 is 50.4 Å². The Balaban J connectivity index is 0.00000605. The molecule has 0 saturated carbocycles. The molecule has 0 spiro atoms. The zero-order chi connectivity index (χ0) is 37.4. The summed E-state index contributed by atoms with van der Waals surface area (Å²) >= 11 is 1.28. The normalized spacial score (nSPS) is 25.4. The highest BCUT2D eigenvalue weighted by molar-refractivity contribution is 7.99. The van der Waals surface area contributed by atoms with Crippen molar-refractivity contribution in [3.05, 3.63) is 64.2 Å². The molecule has 2 aromatic carbocycles. The number of thioether (sulfide) groups is 1. The van der Waals surface area contributed by atoms with Gasteiger partial charge >= 0.3 is 5.97 Å². The lowest BCUT2D eigenvalue weighted by Gasteiger charge is -2.42. The van der Waals surface area contributed by atoms with Crippen LogP contribution in [0.2, 0.25) is 0 Å². The van der Waals surface area contributed by atoms with Crippen LogP contribution < -0.4 is 15.8 Å². The van der Waals surface area contributed by atoms with Crippen molar-refractivity contribution in [3.8, 4) is 17.2 Å². The number of ketones is 3. The number of nitrogens with two attached hydrogens (primary N) is 1. The van der Waals surface area contributed by atoms with E-state index < -0.39 is 114 Å². The average molecular weight is 765 g/mol. The summed E-state index contributed by atoms with van der Waals surface area (Å²) in [5.74, 6) is -4.93. The van der Waals surface area contributed by atoms with E-state index in [0.29, 0.717) is 5.75 Å². The predicted octanol–water partition coefficient (Wildman–Crippen LogP) is 1.40. The van der Waals surface area contributed by atoms with E-state index >= 15 is 0 Å². The van der Waals surface area contributed by atoms with Crippen LogP contribution in [0, 0.1) is 0 Å². The fourth-order valence-electron chi connectivity index (χ4n) is 6.66. The number of aromatic hydroxyl groups is 2. The maximum absolute atomic E-state index is 13.9. The van der Waals surface area contributed by atoms with Crippen molar-refractivity contribution >= 4 is 53.4 Å². The number of carbonyl (C=O) groups is 5. The molecule has 15 nitrogen and oxygen atoms in total. The number of esters is 1. The van der Waals surface area contributed by atoms with E-state index in [1.54, 1.807) is 13.0 Å².